The maximum atomic E-state index is 13.1. The van der Waals surface area contributed by atoms with E-state index in [1.807, 2.05) is 72.8 Å². The number of nitrogens with zero attached hydrogens (tertiary/aromatic N) is 2. The molecule has 1 atom stereocenters. The molecule has 4 rings (SSSR count). The van der Waals surface area contributed by atoms with E-state index in [1.54, 1.807) is 0 Å². The molecule has 0 spiro atoms. The monoisotopic (exact) mass is 631 g/mol. The van der Waals surface area contributed by atoms with E-state index in [2.05, 4.69) is 58.2 Å². The summed E-state index contributed by atoms with van der Waals surface area (Å²) in [5, 5.41) is 9.04. The lowest BCUT2D eigenvalue weighted by Crippen LogP contribution is -2.28. The maximum absolute atomic E-state index is 13.1. The number of carbonyl (C=O) groups is 2. The Morgan fingerprint density at radius 2 is 1.36 bits per heavy atom. The van der Waals surface area contributed by atoms with Gasteiger partial charge in [0.2, 0.25) is 11.8 Å². The van der Waals surface area contributed by atoms with E-state index in [0.717, 1.165) is 30.3 Å². The predicted molar refractivity (Wildman–Crippen MR) is 141 cm³/mol. The van der Waals surface area contributed by atoms with Crippen molar-refractivity contribution in [1.82, 2.24) is 5.01 Å². The van der Waals surface area contributed by atoms with Crippen LogP contribution < -0.4 is 5.32 Å². The summed E-state index contributed by atoms with van der Waals surface area (Å²) in [6.07, 6.45) is 0.772. The summed E-state index contributed by atoms with van der Waals surface area (Å²) in [5.41, 5.74) is 3.52. The fourth-order valence-electron chi connectivity index (χ4n) is 3.59. The molecule has 0 bridgehead atoms. The first-order valence-corrected chi connectivity index (χ1v) is 12.7. The van der Waals surface area contributed by atoms with Crippen molar-refractivity contribution in [3.63, 3.8) is 0 Å². The zero-order valence-electron chi connectivity index (χ0n) is 17.5. The minimum absolute atomic E-state index is 0.0759. The minimum Gasteiger partial charge on any atom is -0.326 e. The van der Waals surface area contributed by atoms with Crippen molar-refractivity contribution in [1.29, 1.82) is 0 Å². The fourth-order valence-corrected chi connectivity index (χ4v) is 4.39. The zero-order chi connectivity index (χ0) is 23.4. The van der Waals surface area contributed by atoms with Gasteiger partial charge in [-0.05, 0) is 59.7 Å². The van der Waals surface area contributed by atoms with Crippen molar-refractivity contribution < 1.29 is 9.59 Å². The molecule has 2 amide bonds. The molecule has 1 heterocycles. The third-order valence-corrected chi connectivity index (χ3v) is 6.88. The van der Waals surface area contributed by atoms with Crippen molar-refractivity contribution in [2.75, 3.05) is 5.32 Å². The Morgan fingerprint density at radius 1 is 0.818 bits per heavy atom. The highest BCUT2D eigenvalue weighted by Crippen LogP contribution is 2.34. The molecule has 0 fully saturated rings. The molecule has 1 N–H and O–H groups in total. The van der Waals surface area contributed by atoms with Gasteiger partial charge in [-0.15, -0.1) is 0 Å². The van der Waals surface area contributed by atoms with Crippen LogP contribution in [-0.4, -0.2) is 22.5 Å². The highest BCUT2D eigenvalue weighted by molar-refractivity contribution is 9.11. The topological polar surface area (TPSA) is 61.8 Å². The second-order valence-electron chi connectivity index (χ2n) is 7.62. The van der Waals surface area contributed by atoms with Gasteiger partial charge in [0.05, 0.1) is 11.8 Å². The molecule has 168 valence electrons. The Kier molecular flexibility index (Phi) is 7.78. The Morgan fingerprint density at radius 3 is 1.97 bits per heavy atom. The van der Waals surface area contributed by atoms with Crippen LogP contribution in [0.5, 0.6) is 0 Å². The molecule has 0 unspecified atom stereocenters. The van der Waals surface area contributed by atoms with E-state index in [4.69, 9.17) is 0 Å². The molecule has 8 heteroatoms. The van der Waals surface area contributed by atoms with Gasteiger partial charge in [-0.2, -0.15) is 5.10 Å². The second-order valence-corrected chi connectivity index (χ2v) is 10.4. The van der Waals surface area contributed by atoms with Gasteiger partial charge in [0, 0.05) is 38.4 Å². The van der Waals surface area contributed by atoms with Gasteiger partial charge < -0.3 is 5.32 Å². The molecular weight excluding hydrogens is 614 g/mol. The minimum atomic E-state index is -0.209. The first-order chi connectivity index (χ1) is 15.9. The van der Waals surface area contributed by atoms with Gasteiger partial charge in [-0.1, -0.05) is 72.1 Å². The van der Waals surface area contributed by atoms with Crippen molar-refractivity contribution in [2.45, 2.75) is 25.3 Å². The third-order valence-electron chi connectivity index (χ3n) is 5.29. The number of hydrogen-bond donors (Lipinski definition) is 1. The highest BCUT2D eigenvalue weighted by Gasteiger charge is 2.33. The summed E-state index contributed by atoms with van der Waals surface area (Å²) < 4.78 is 2.89. The normalized spacial score (nSPS) is 15.3. The Balaban J connectivity index is 1.48. The van der Waals surface area contributed by atoms with E-state index in [1.165, 1.54) is 5.01 Å². The average molecular weight is 634 g/mol. The molecule has 3 aromatic rings. The van der Waals surface area contributed by atoms with Crippen LogP contribution in [0.2, 0.25) is 0 Å². The van der Waals surface area contributed by atoms with Crippen molar-refractivity contribution >= 4 is 71.0 Å². The lowest BCUT2D eigenvalue weighted by Gasteiger charge is -2.22. The molecule has 5 nitrogen and oxygen atoms in total. The standard InChI is InChI=1S/C25H20Br3N3O2/c26-18-5-1-16(2-6-18)22-15-23(17-3-7-19(27)8-4-17)31(30-22)25(33)14-13-24(32)29-21-11-9-20(28)10-12-21/h1-12,23H,13-15H2,(H,29,32)/t23-/m0/s1. The number of benzene rings is 3. The molecule has 33 heavy (non-hydrogen) atoms. The maximum Gasteiger partial charge on any atom is 0.243 e. The summed E-state index contributed by atoms with van der Waals surface area (Å²) in [4.78, 5) is 25.5. The van der Waals surface area contributed by atoms with Crippen LogP contribution in [0.15, 0.2) is 91.3 Å². The van der Waals surface area contributed by atoms with E-state index >= 15 is 0 Å². The number of halogens is 3. The lowest BCUT2D eigenvalue weighted by molar-refractivity contribution is -0.134. The van der Waals surface area contributed by atoms with Crippen LogP contribution >= 0.6 is 47.8 Å². The van der Waals surface area contributed by atoms with Crippen LogP contribution in [0, 0.1) is 0 Å². The zero-order valence-corrected chi connectivity index (χ0v) is 22.2. The van der Waals surface area contributed by atoms with Gasteiger partial charge in [-0.25, -0.2) is 5.01 Å². The first kappa shape index (κ1) is 23.9. The van der Waals surface area contributed by atoms with Crippen LogP contribution in [0.25, 0.3) is 0 Å². The van der Waals surface area contributed by atoms with Gasteiger partial charge in [0.15, 0.2) is 0 Å². The van der Waals surface area contributed by atoms with Crippen molar-refractivity contribution in [3.05, 3.63) is 97.3 Å². The molecule has 0 radical (unpaired) electrons. The SMILES string of the molecule is O=C(CCC(=O)N1N=C(c2ccc(Br)cc2)C[C@H]1c1ccc(Br)cc1)Nc1ccc(Br)cc1. The van der Waals surface area contributed by atoms with Crippen LogP contribution in [0.1, 0.15) is 36.4 Å². The number of anilines is 1. The first-order valence-electron chi connectivity index (χ1n) is 10.4. The number of carbonyl (C=O) groups excluding carboxylic acids is 2. The van der Waals surface area contributed by atoms with E-state index in [9.17, 15) is 9.59 Å². The van der Waals surface area contributed by atoms with Gasteiger partial charge in [0.25, 0.3) is 0 Å². The molecule has 3 aromatic carbocycles. The number of hydrogen-bond acceptors (Lipinski definition) is 3. The van der Waals surface area contributed by atoms with Crippen molar-refractivity contribution in [3.8, 4) is 0 Å². The molecule has 1 aliphatic heterocycles. The summed E-state index contributed by atoms with van der Waals surface area (Å²) >= 11 is 10.3. The molecule has 0 saturated heterocycles. The highest BCUT2D eigenvalue weighted by atomic mass is 79.9. The van der Waals surface area contributed by atoms with Crippen LogP contribution in [0.3, 0.4) is 0 Å². The Labute approximate surface area is 217 Å². The number of nitrogens with one attached hydrogen (secondary N) is 1. The Hall–Kier alpha value is -2.29. The van der Waals surface area contributed by atoms with Gasteiger partial charge in [-0.3, -0.25) is 9.59 Å². The largest absolute Gasteiger partial charge is 0.326 e. The summed E-state index contributed by atoms with van der Waals surface area (Å²) in [6.45, 7) is 0. The fraction of sp³-hybridized carbons (Fsp3) is 0.160. The number of rotatable bonds is 6. The van der Waals surface area contributed by atoms with E-state index < -0.39 is 0 Å². The third kappa shape index (κ3) is 6.19. The van der Waals surface area contributed by atoms with E-state index in [-0.39, 0.29) is 30.7 Å². The van der Waals surface area contributed by atoms with Gasteiger partial charge in [0.1, 0.15) is 0 Å². The Bertz CT molecular complexity index is 1180. The van der Waals surface area contributed by atoms with Gasteiger partial charge >= 0.3 is 0 Å². The smallest absolute Gasteiger partial charge is 0.243 e. The molecule has 1 aliphatic rings. The predicted octanol–water partition coefficient (Wildman–Crippen LogP) is 7.07. The molecular formula is C25H20Br3N3O2. The molecule has 0 aromatic heterocycles. The number of hydrazone groups is 1. The second kappa shape index (κ2) is 10.8. The van der Waals surface area contributed by atoms with Crippen LogP contribution in [0.4, 0.5) is 5.69 Å². The summed E-state index contributed by atoms with van der Waals surface area (Å²) in [7, 11) is 0. The van der Waals surface area contributed by atoms with E-state index in [0.29, 0.717) is 12.1 Å². The summed E-state index contributed by atoms with van der Waals surface area (Å²) in [5.74, 6) is -0.386. The quantitative estimate of drug-likeness (QED) is 0.316. The number of amides is 2. The average Bonchev–Trinajstić information content (AvgIpc) is 3.25. The lowest BCUT2D eigenvalue weighted by atomic mass is 9.98. The van der Waals surface area contributed by atoms with Crippen molar-refractivity contribution in [2.24, 2.45) is 5.10 Å². The molecule has 0 aliphatic carbocycles. The summed E-state index contributed by atoms with van der Waals surface area (Å²) in [6, 6.07) is 22.9. The van der Waals surface area contributed by atoms with Crippen LogP contribution in [-0.2, 0) is 9.59 Å². The molecule has 0 saturated carbocycles.